The molecule has 8 heteroatoms. The maximum Gasteiger partial charge on any atom is 0.326 e. The van der Waals surface area contributed by atoms with Gasteiger partial charge < -0.3 is 15.2 Å². The van der Waals surface area contributed by atoms with Crippen molar-refractivity contribution in [3.8, 4) is 0 Å². The van der Waals surface area contributed by atoms with Gasteiger partial charge in [-0.1, -0.05) is 15.9 Å². The van der Waals surface area contributed by atoms with Gasteiger partial charge in [0.15, 0.2) is 0 Å². The number of benzene rings is 1. The van der Waals surface area contributed by atoms with Crippen LogP contribution >= 0.6 is 38.5 Å². The largest absolute Gasteiger partial charge is 0.480 e. The topological polar surface area (TPSA) is 92.7 Å². The summed E-state index contributed by atoms with van der Waals surface area (Å²) in [4.78, 5) is 34.3. The zero-order valence-corrected chi connectivity index (χ0v) is 14.8. The molecule has 0 aromatic heterocycles. The Morgan fingerprint density at radius 1 is 1.43 bits per heavy atom. The minimum absolute atomic E-state index is 0.0294. The number of nitrogens with one attached hydrogen (secondary N) is 1. The Morgan fingerprint density at radius 3 is 2.67 bits per heavy atom. The maximum absolute atomic E-state index is 12.1. The molecule has 0 radical (unpaired) electrons. The molecule has 114 valence electrons. The summed E-state index contributed by atoms with van der Waals surface area (Å²) in [6.07, 6.45) is -0.109. The van der Waals surface area contributed by atoms with Crippen LogP contribution in [-0.4, -0.2) is 36.1 Å². The fourth-order valence-electron chi connectivity index (χ4n) is 1.53. The van der Waals surface area contributed by atoms with Crippen LogP contribution in [0.15, 0.2) is 22.7 Å². The molecule has 0 saturated carbocycles. The van der Waals surface area contributed by atoms with E-state index in [2.05, 4.69) is 26.0 Å². The average Bonchev–Trinajstić information content (AvgIpc) is 2.44. The van der Waals surface area contributed by atoms with E-state index in [-0.39, 0.29) is 12.8 Å². The summed E-state index contributed by atoms with van der Waals surface area (Å²) in [6, 6.07) is 3.98. The third-order valence-electron chi connectivity index (χ3n) is 2.64. The van der Waals surface area contributed by atoms with E-state index in [4.69, 9.17) is 5.11 Å². The quantitative estimate of drug-likeness (QED) is 0.492. The van der Waals surface area contributed by atoms with Gasteiger partial charge in [-0.15, -0.1) is 0 Å². The monoisotopic (exact) mass is 469 g/mol. The van der Waals surface area contributed by atoms with Crippen molar-refractivity contribution < 1.29 is 24.2 Å². The Kier molecular flexibility index (Phi) is 7.09. The number of carboxylic acids is 1. The van der Waals surface area contributed by atoms with Gasteiger partial charge in [-0.3, -0.25) is 9.59 Å². The summed E-state index contributed by atoms with van der Waals surface area (Å²) in [7, 11) is 1.22. The molecule has 1 amide bonds. The summed E-state index contributed by atoms with van der Waals surface area (Å²) < 4.78 is 5.87. The smallest absolute Gasteiger partial charge is 0.326 e. The number of carboxylic acid groups (broad SMARTS) is 1. The number of halogens is 2. The Labute approximate surface area is 143 Å². The molecule has 0 heterocycles. The van der Waals surface area contributed by atoms with Crippen molar-refractivity contribution in [2.45, 2.75) is 18.9 Å². The van der Waals surface area contributed by atoms with Crippen LogP contribution in [0.1, 0.15) is 23.2 Å². The van der Waals surface area contributed by atoms with Crippen molar-refractivity contribution in [1.29, 1.82) is 0 Å². The molecule has 1 atom stereocenters. The van der Waals surface area contributed by atoms with Gasteiger partial charge in [0.1, 0.15) is 6.04 Å². The molecule has 21 heavy (non-hydrogen) atoms. The van der Waals surface area contributed by atoms with E-state index < -0.39 is 23.9 Å². The molecule has 1 rings (SSSR count). The van der Waals surface area contributed by atoms with Crippen molar-refractivity contribution in [3.63, 3.8) is 0 Å². The lowest BCUT2D eigenvalue weighted by Gasteiger charge is -2.14. The van der Waals surface area contributed by atoms with Crippen LogP contribution in [0.25, 0.3) is 0 Å². The maximum atomic E-state index is 12.1. The number of amides is 1. The second-order valence-electron chi connectivity index (χ2n) is 4.10. The molecule has 0 bridgehead atoms. The molecule has 0 aliphatic carbocycles. The first-order valence-corrected chi connectivity index (χ1v) is 7.78. The number of aliphatic carboxylic acids is 1. The third kappa shape index (κ3) is 5.62. The number of rotatable bonds is 6. The summed E-state index contributed by atoms with van der Waals surface area (Å²) in [5, 5.41) is 11.5. The van der Waals surface area contributed by atoms with Gasteiger partial charge in [-0.25, -0.2) is 4.79 Å². The number of methoxy groups -OCH3 is 1. The summed E-state index contributed by atoms with van der Waals surface area (Å²) in [5.41, 5.74) is 0.370. The van der Waals surface area contributed by atoms with E-state index in [1.54, 1.807) is 18.2 Å². The van der Waals surface area contributed by atoms with E-state index in [1.165, 1.54) is 7.11 Å². The lowest BCUT2D eigenvalue weighted by molar-refractivity contribution is -0.142. The van der Waals surface area contributed by atoms with Gasteiger partial charge >= 0.3 is 11.9 Å². The SMILES string of the molecule is COC(=O)CCC(NC(=O)c1cc(Br)ccc1I)C(=O)O. The molecule has 0 saturated heterocycles. The van der Waals surface area contributed by atoms with Gasteiger partial charge in [-0.05, 0) is 47.2 Å². The minimum Gasteiger partial charge on any atom is -0.480 e. The predicted octanol–water partition coefficient (Wildman–Crippen LogP) is 2.19. The van der Waals surface area contributed by atoms with Crippen molar-refractivity contribution in [3.05, 3.63) is 31.8 Å². The number of carbonyl (C=O) groups is 3. The first-order chi connectivity index (χ1) is 9.85. The average molecular weight is 470 g/mol. The van der Waals surface area contributed by atoms with E-state index >= 15 is 0 Å². The van der Waals surface area contributed by atoms with Crippen LogP contribution in [-0.2, 0) is 14.3 Å². The Morgan fingerprint density at radius 2 is 2.10 bits per heavy atom. The molecule has 1 unspecified atom stereocenters. The first-order valence-electron chi connectivity index (χ1n) is 5.90. The first kappa shape index (κ1) is 17.9. The number of esters is 1. The highest BCUT2D eigenvalue weighted by atomic mass is 127. The highest BCUT2D eigenvalue weighted by Gasteiger charge is 2.22. The lowest BCUT2D eigenvalue weighted by atomic mass is 10.1. The molecule has 0 spiro atoms. The molecular weight excluding hydrogens is 457 g/mol. The molecule has 0 fully saturated rings. The highest BCUT2D eigenvalue weighted by molar-refractivity contribution is 14.1. The van der Waals surface area contributed by atoms with Gasteiger partial charge in [-0.2, -0.15) is 0 Å². The van der Waals surface area contributed by atoms with E-state index in [0.29, 0.717) is 9.13 Å². The van der Waals surface area contributed by atoms with Gasteiger partial charge in [0.25, 0.3) is 5.91 Å². The van der Waals surface area contributed by atoms with Crippen LogP contribution in [0.5, 0.6) is 0 Å². The Balaban J connectivity index is 2.79. The Bertz CT molecular complexity index is 563. The highest BCUT2D eigenvalue weighted by Crippen LogP contribution is 2.18. The summed E-state index contributed by atoms with van der Waals surface area (Å²) >= 11 is 5.25. The van der Waals surface area contributed by atoms with Crippen molar-refractivity contribution in [2.75, 3.05) is 7.11 Å². The van der Waals surface area contributed by atoms with Crippen LogP contribution in [0, 0.1) is 3.57 Å². The normalized spacial score (nSPS) is 11.6. The molecule has 6 nitrogen and oxygen atoms in total. The molecule has 1 aromatic carbocycles. The van der Waals surface area contributed by atoms with Crippen LogP contribution in [0.4, 0.5) is 0 Å². The van der Waals surface area contributed by atoms with Gasteiger partial charge in [0.05, 0.1) is 12.7 Å². The van der Waals surface area contributed by atoms with Crippen LogP contribution in [0.3, 0.4) is 0 Å². The van der Waals surface area contributed by atoms with Gasteiger partial charge in [0, 0.05) is 14.5 Å². The van der Waals surface area contributed by atoms with E-state index in [0.717, 1.165) is 4.47 Å². The van der Waals surface area contributed by atoms with E-state index in [1.807, 2.05) is 22.6 Å². The standard InChI is InChI=1S/C13H13BrINO5/c1-21-11(17)5-4-10(13(19)20)16-12(18)8-6-7(14)2-3-9(8)15/h2-3,6,10H,4-5H2,1H3,(H,16,18)(H,19,20). The zero-order valence-electron chi connectivity index (χ0n) is 11.1. The van der Waals surface area contributed by atoms with Crippen LogP contribution < -0.4 is 5.32 Å². The summed E-state index contributed by atoms with van der Waals surface area (Å²) in [6.45, 7) is 0. The van der Waals surface area contributed by atoms with Crippen LogP contribution in [0.2, 0.25) is 0 Å². The zero-order chi connectivity index (χ0) is 16.0. The number of hydrogen-bond acceptors (Lipinski definition) is 4. The second kappa shape index (κ2) is 8.32. The molecule has 0 aliphatic heterocycles. The van der Waals surface area contributed by atoms with Crippen molar-refractivity contribution >= 4 is 56.4 Å². The second-order valence-corrected chi connectivity index (χ2v) is 6.18. The fraction of sp³-hybridized carbons (Fsp3) is 0.308. The summed E-state index contributed by atoms with van der Waals surface area (Å²) in [5.74, 6) is -2.22. The molecule has 2 N–H and O–H groups in total. The van der Waals surface area contributed by atoms with Crippen molar-refractivity contribution in [1.82, 2.24) is 5.32 Å². The molecule has 0 aliphatic rings. The number of ether oxygens (including phenoxy) is 1. The lowest BCUT2D eigenvalue weighted by Crippen LogP contribution is -2.41. The van der Waals surface area contributed by atoms with Crippen molar-refractivity contribution in [2.24, 2.45) is 0 Å². The third-order valence-corrected chi connectivity index (χ3v) is 4.08. The van der Waals surface area contributed by atoms with E-state index in [9.17, 15) is 14.4 Å². The number of carbonyl (C=O) groups excluding carboxylic acids is 2. The predicted molar refractivity (Wildman–Crippen MR) is 87.0 cm³/mol. The minimum atomic E-state index is -1.20. The fourth-order valence-corrected chi connectivity index (χ4v) is 2.47. The Hall–Kier alpha value is -1.16. The molecular formula is C13H13BrINO5. The molecule has 1 aromatic rings. The van der Waals surface area contributed by atoms with Gasteiger partial charge in [0.2, 0.25) is 0 Å². The number of hydrogen-bond donors (Lipinski definition) is 2.